The van der Waals surface area contributed by atoms with Gasteiger partial charge in [-0.15, -0.1) is 0 Å². The summed E-state index contributed by atoms with van der Waals surface area (Å²) in [6.07, 6.45) is 6.71. The number of carbonyl (C=O) groups excluding carboxylic acids is 3. The van der Waals surface area contributed by atoms with Crippen LogP contribution in [0.2, 0.25) is 0 Å². The fourth-order valence-electron chi connectivity index (χ4n) is 1.91. The molecule has 1 heterocycles. The van der Waals surface area contributed by atoms with Crippen LogP contribution in [0.15, 0.2) is 12.2 Å². The van der Waals surface area contributed by atoms with Gasteiger partial charge in [-0.2, -0.15) is 0 Å². The normalized spacial score (nSPS) is 13.1. The first-order valence-electron chi connectivity index (χ1n) is 7.39. The van der Waals surface area contributed by atoms with Crippen molar-refractivity contribution in [1.29, 1.82) is 0 Å². The van der Waals surface area contributed by atoms with Crippen LogP contribution in [0, 0.1) is 0 Å². The first kappa shape index (κ1) is 20.3. The minimum absolute atomic E-state index is 0.130. The van der Waals surface area contributed by atoms with Crippen molar-refractivity contribution < 1.29 is 24.2 Å². The molecule has 1 aliphatic heterocycles. The summed E-state index contributed by atoms with van der Waals surface area (Å²) in [6.45, 7) is 1.55. The van der Waals surface area contributed by atoms with Crippen molar-refractivity contribution >= 4 is 17.7 Å². The number of ether oxygens (including phenoxy) is 1. The summed E-state index contributed by atoms with van der Waals surface area (Å²) in [5.74, 6) is -0.823. The zero-order valence-corrected chi connectivity index (χ0v) is 13.3. The summed E-state index contributed by atoms with van der Waals surface area (Å²) in [7, 11) is 2.69. The van der Waals surface area contributed by atoms with Crippen LogP contribution in [0.5, 0.6) is 0 Å². The van der Waals surface area contributed by atoms with E-state index in [0.717, 1.165) is 44.3 Å². The molecule has 1 aliphatic rings. The summed E-state index contributed by atoms with van der Waals surface area (Å²) in [4.78, 5) is 35.1. The predicted octanol–water partition coefficient (Wildman–Crippen LogP) is 0.233. The summed E-state index contributed by atoms with van der Waals surface area (Å²) in [6, 6.07) is 0. The second-order valence-electron chi connectivity index (χ2n) is 4.67. The van der Waals surface area contributed by atoms with Gasteiger partial charge >= 0.3 is 0 Å². The maximum atomic E-state index is 11.5. The molecule has 0 spiro atoms. The summed E-state index contributed by atoms with van der Waals surface area (Å²) >= 11 is 0. The van der Waals surface area contributed by atoms with E-state index in [2.05, 4.69) is 5.32 Å². The van der Waals surface area contributed by atoms with Crippen LogP contribution >= 0.6 is 0 Å². The Bertz CT molecular complexity index is 364. The fraction of sp³-hybridized carbons (Fsp3) is 0.667. The topological polar surface area (TPSA) is 95.9 Å². The smallest absolute Gasteiger partial charge is 0.253 e. The monoisotopic (exact) mass is 314 g/mol. The molecular formula is C15H26N2O5. The van der Waals surface area contributed by atoms with E-state index >= 15 is 0 Å². The predicted molar refractivity (Wildman–Crippen MR) is 82.0 cm³/mol. The number of aliphatic hydroxyl groups excluding tert-OH is 1. The average Bonchev–Trinajstić information content (AvgIpc) is 2.85. The highest BCUT2D eigenvalue weighted by atomic mass is 16.5. The Labute approximate surface area is 131 Å². The Hall–Kier alpha value is -1.73. The van der Waals surface area contributed by atoms with Crippen molar-refractivity contribution in [2.75, 3.05) is 33.9 Å². The Morgan fingerprint density at radius 2 is 1.73 bits per heavy atom. The summed E-state index contributed by atoms with van der Waals surface area (Å²) in [5, 5.41) is 9.79. The zero-order valence-electron chi connectivity index (χ0n) is 13.3. The number of methoxy groups -OCH3 is 1. The maximum Gasteiger partial charge on any atom is 0.253 e. The molecule has 3 amide bonds. The van der Waals surface area contributed by atoms with E-state index < -0.39 is 0 Å². The first-order valence-corrected chi connectivity index (χ1v) is 7.39. The molecular weight excluding hydrogens is 288 g/mol. The van der Waals surface area contributed by atoms with Crippen molar-refractivity contribution in [2.24, 2.45) is 0 Å². The number of imide groups is 1. The largest absolute Gasteiger partial charge is 0.400 e. The van der Waals surface area contributed by atoms with E-state index in [9.17, 15) is 14.4 Å². The van der Waals surface area contributed by atoms with Crippen molar-refractivity contribution in [3.8, 4) is 0 Å². The molecule has 0 fully saturated rings. The van der Waals surface area contributed by atoms with Crippen LogP contribution < -0.4 is 5.32 Å². The Kier molecular flexibility index (Phi) is 11.9. The fourth-order valence-corrected chi connectivity index (χ4v) is 1.91. The molecule has 0 aliphatic carbocycles. The number of nitrogens with zero attached hydrogens (tertiary/aromatic N) is 1. The number of rotatable bonds is 10. The Balaban J connectivity index is 0.00000211. The van der Waals surface area contributed by atoms with E-state index in [0.29, 0.717) is 6.54 Å². The zero-order chi connectivity index (χ0) is 16.8. The highest BCUT2D eigenvalue weighted by Crippen LogP contribution is 2.04. The molecule has 0 aromatic heterocycles. The van der Waals surface area contributed by atoms with Crippen LogP contribution in [-0.2, 0) is 19.1 Å². The standard InChI is InChI=1S/C14H22N2O4.CH4O/c1-20-11-5-3-2-4-9-15-12(17)8-10-16-13(18)6-7-14(16)19;1-2/h6-7H,2-5,8-11H2,1H3,(H,15,17);2H,1H3. The van der Waals surface area contributed by atoms with Gasteiger partial charge in [0.1, 0.15) is 0 Å². The number of carbonyl (C=O) groups is 3. The van der Waals surface area contributed by atoms with E-state index in [1.54, 1.807) is 7.11 Å². The maximum absolute atomic E-state index is 11.5. The first-order chi connectivity index (χ1) is 10.6. The lowest BCUT2D eigenvalue weighted by Gasteiger charge is -2.13. The van der Waals surface area contributed by atoms with Crippen molar-refractivity contribution in [1.82, 2.24) is 10.2 Å². The van der Waals surface area contributed by atoms with Gasteiger partial charge in [-0.25, -0.2) is 0 Å². The average molecular weight is 314 g/mol. The van der Waals surface area contributed by atoms with Crippen LogP contribution in [0.25, 0.3) is 0 Å². The molecule has 0 saturated heterocycles. The van der Waals surface area contributed by atoms with Gasteiger partial charge in [0, 0.05) is 52.5 Å². The molecule has 2 N–H and O–H groups in total. The quantitative estimate of drug-likeness (QED) is 0.444. The minimum atomic E-state index is -0.346. The molecule has 22 heavy (non-hydrogen) atoms. The molecule has 0 aromatic carbocycles. The van der Waals surface area contributed by atoms with Gasteiger partial charge in [0.25, 0.3) is 11.8 Å². The highest BCUT2D eigenvalue weighted by molar-refractivity contribution is 6.13. The molecule has 0 aromatic rings. The van der Waals surface area contributed by atoms with Crippen LogP contribution in [-0.4, -0.2) is 61.6 Å². The number of hydrogen-bond donors (Lipinski definition) is 2. The third kappa shape index (κ3) is 8.53. The summed E-state index contributed by atoms with van der Waals surface area (Å²) < 4.78 is 4.95. The lowest BCUT2D eigenvalue weighted by atomic mass is 10.2. The number of hydrogen-bond acceptors (Lipinski definition) is 5. The molecule has 0 bridgehead atoms. The summed E-state index contributed by atoms with van der Waals surface area (Å²) in [5.41, 5.74) is 0. The molecule has 0 atom stereocenters. The molecule has 0 radical (unpaired) electrons. The molecule has 7 nitrogen and oxygen atoms in total. The van der Waals surface area contributed by atoms with Gasteiger partial charge in [-0.1, -0.05) is 12.8 Å². The van der Waals surface area contributed by atoms with Gasteiger partial charge in [-0.05, 0) is 12.8 Å². The van der Waals surface area contributed by atoms with Crippen molar-refractivity contribution in [3.05, 3.63) is 12.2 Å². The number of nitrogens with one attached hydrogen (secondary N) is 1. The third-order valence-electron chi connectivity index (χ3n) is 3.06. The van der Waals surface area contributed by atoms with Gasteiger partial charge in [0.15, 0.2) is 0 Å². The van der Waals surface area contributed by atoms with Crippen LogP contribution in [0.1, 0.15) is 32.1 Å². The van der Waals surface area contributed by atoms with Crippen molar-refractivity contribution in [3.63, 3.8) is 0 Å². The highest BCUT2D eigenvalue weighted by Gasteiger charge is 2.23. The molecule has 126 valence electrons. The number of unbranched alkanes of at least 4 members (excludes halogenated alkanes) is 3. The van der Waals surface area contributed by atoms with Gasteiger partial charge in [-0.3, -0.25) is 19.3 Å². The Morgan fingerprint density at radius 3 is 2.32 bits per heavy atom. The SMILES string of the molecule is CO.COCCCCCCNC(=O)CCN1C(=O)C=CC1=O. The second kappa shape index (κ2) is 13.0. The van der Waals surface area contributed by atoms with E-state index in [1.807, 2.05) is 0 Å². The lowest BCUT2D eigenvalue weighted by molar-refractivity contribution is -0.137. The molecule has 7 heteroatoms. The van der Waals surface area contributed by atoms with E-state index in [4.69, 9.17) is 9.84 Å². The van der Waals surface area contributed by atoms with E-state index in [-0.39, 0.29) is 30.7 Å². The lowest BCUT2D eigenvalue weighted by Crippen LogP contribution is -2.34. The number of aliphatic hydroxyl groups is 1. The molecule has 0 saturated carbocycles. The molecule has 0 unspecified atom stereocenters. The van der Waals surface area contributed by atoms with Crippen LogP contribution in [0.3, 0.4) is 0 Å². The Morgan fingerprint density at radius 1 is 1.14 bits per heavy atom. The van der Waals surface area contributed by atoms with Crippen molar-refractivity contribution in [2.45, 2.75) is 32.1 Å². The van der Waals surface area contributed by atoms with Crippen LogP contribution in [0.4, 0.5) is 0 Å². The third-order valence-corrected chi connectivity index (χ3v) is 3.06. The van der Waals surface area contributed by atoms with Gasteiger partial charge in [0.2, 0.25) is 5.91 Å². The second-order valence-corrected chi connectivity index (χ2v) is 4.67. The van der Waals surface area contributed by atoms with E-state index in [1.165, 1.54) is 12.2 Å². The minimum Gasteiger partial charge on any atom is -0.400 e. The van der Waals surface area contributed by atoms with Gasteiger partial charge < -0.3 is 15.2 Å². The van der Waals surface area contributed by atoms with Gasteiger partial charge in [0.05, 0.1) is 0 Å². The molecule has 1 rings (SSSR count). The number of amides is 3.